The van der Waals surface area contributed by atoms with Crippen molar-refractivity contribution in [1.29, 1.82) is 0 Å². The molecule has 0 saturated carbocycles. The molecular formula is C22H18BrN3O5. The molecule has 0 spiro atoms. The molecule has 2 heterocycles. The minimum atomic E-state index is -0.420. The van der Waals surface area contributed by atoms with Gasteiger partial charge in [-0.3, -0.25) is 14.4 Å². The first-order chi connectivity index (χ1) is 15.0. The van der Waals surface area contributed by atoms with Crippen LogP contribution in [0.15, 0.2) is 69.8 Å². The lowest BCUT2D eigenvalue weighted by Gasteiger charge is -2.26. The van der Waals surface area contributed by atoms with Crippen molar-refractivity contribution in [2.45, 2.75) is 0 Å². The summed E-state index contributed by atoms with van der Waals surface area (Å²) in [5, 5.41) is 5.51. The Labute approximate surface area is 186 Å². The van der Waals surface area contributed by atoms with Gasteiger partial charge in [0.1, 0.15) is 6.61 Å². The highest BCUT2D eigenvalue weighted by molar-refractivity contribution is 9.10. The van der Waals surface area contributed by atoms with Crippen LogP contribution in [-0.2, 0) is 9.53 Å². The van der Waals surface area contributed by atoms with E-state index in [9.17, 15) is 14.4 Å². The van der Waals surface area contributed by atoms with E-state index in [0.29, 0.717) is 34.8 Å². The van der Waals surface area contributed by atoms with Gasteiger partial charge in [-0.2, -0.15) is 0 Å². The van der Waals surface area contributed by atoms with E-state index >= 15 is 0 Å². The first kappa shape index (κ1) is 20.8. The Hall–Kier alpha value is -3.43. The average molecular weight is 484 g/mol. The van der Waals surface area contributed by atoms with E-state index in [1.807, 2.05) is 0 Å². The minimum absolute atomic E-state index is 0.0720. The lowest BCUT2D eigenvalue weighted by atomic mass is 10.1. The predicted octanol–water partition coefficient (Wildman–Crippen LogP) is 3.91. The lowest BCUT2D eigenvalue weighted by molar-refractivity contribution is -0.125. The second kappa shape index (κ2) is 9.15. The van der Waals surface area contributed by atoms with Crippen LogP contribution in [-0.4, -0.2) is 37.5 Å². The summed E-state index contributed by atoms with van der Waals surface area (Å²) in [6.07, 6.45) is 0. The fourth-order valence-electron chi connectivity index (χ4n) is 3.09. The molecule has 1 aliphatic rings. The SMILES string of the molecule is O=C(Nc1ccc(N2CCOCC2=O)cc1)c1cccc(NC(=O)c2ccc(Br)o2)c1. The second-order valence-corrected chi connectivity index (χ2v) is 7.52. The number of furan rings is 1. The Bertz CT molecular complexity index is 1130. The predicted molar refractivity (Wildman–Crippen MR) is 118 cm³/mol. The van der Waals surface area contributed by atoms with Crippen LogP contribution in [0.3, 0.4) is 0 Å². The molecule has 3 aromatic rings. The number of hydrogen-bond acceptors (Lipinski definition) is 5. The molecule has 8 nitrogen and oxygen atoms in total. The fourth-order valence-corrected chi connectivity index (χ4v) is 3.39. The van der Waals surface area contributed by atoms with Crippen LogP contribution in [0, 0.1) is 0 Å². The molecule has 4 rings (SSSR count). The van der Waals surface area contributed by atoms with E-state index in [1.54, 1.807) is 65.6 Å². The highest BCUT2D eigenvalue weighted by Crippen LogP contribution is 2.21. The van der Waals surface area contributed by atoms with Gasteiger partial charge in [-0.1, -0.05) is 6.07 Å². The quantitative estimate of drug-likeness (QED) is 0.572. The van der Waals surface area contributed by atoms with Gasteiger partial charge in [0.15, 0.2) is 10.4 Å². The largest absolute Gasteiger partial charge is 0.444 e. The molecule has 31 heavy (non-hydrogen) atoms. The first-order valence-corrected chi connectivity index (χ1v) is 10.3. The molecule has 1 saturated heterocycles. The Kier molecular flexibility index (Phi) is 6.15. The number of hydrogen-bond donors (Lipinski definition) is 2. The zero-order valence-corrected chi connectivity index (χ0v) is 17.8. The molecule has 2 N–H and O–H groups in total. The third kappa shape index (κ3) is 5.01. The van der Waals surface area contributed by atoms with Crippen molar-refractivity contribution in [3.63, 3.8) is 0 Å². The van der Waals surface area contributed by atoms with E-state index in [1.165, 1.54) is 0 Å². The van der Waals surface area contributed by atoms with Crippen LogP contribution in [0.2, 0.25) is 0 Å². The summed E-state index contributed by atoms with van der Waals surface area (Å²) < 4.78 is 10.8. The van der Waals surface area contributed by atoms with E-state index < -0.39 is 5.91 Å². The average Bonchev–Trinajstić information content (AvgIpc) is 3.21. The zero-order chi connectivity index (χ0) is 21.8. The van der Waals surface area contributed by atoms with Crippen molar-refractivity contribution in [2.24, 2.45) is 0 Å². The van der Waals surface area contributed by atoms with Crippen molar-refractivity contribution in [2.75, 3.05) is 35.3 Å². The third-order valence-corrected chi connectivity index (χ3v) is 5.03. The summed E-state index contributed by atoms with van der Waals surface area (Å²) in [5.41, 5.74) is 2.18. The van der Waals surface area contributed by atoms with E-state index in [0.717, 1.165) is 5.69 Å². The maximum atomic E-state index is 12.6. The molecular weight excluding hydrogens is 466 g/mol. The number of halogens is 1. The number of benzene rings is 2. The molecule has 0 atom stereocenters. The standard InChI is InChI=1S/C22H18BrN3O5/c23-19-9-8-18(31-19)22(29)25-16-3-1-2-14(12-16)21(28)24-15-4-6-17(7-5-15)26-10-11-30-13-20(26)27/h1-9,12H,10-11,13H2,(H,24,28)(H,25,29). The smallest absolute Gasteiger partial charge is 0.291 e. The van der Waals surface area contributed by atoms with Crippen molar-refractivity contribution >= 4 is 50.7 Å². The summed E-state index contributed by atoms with van der Waals surface area (Å²) in [6, 6.07) is 16.8. The van der Waals surface area contributed by atoms with Crippen molar-refractivity contribution in [1.82, 2.24) is 0 Å². The highest BCUT2D eigenvalue weighted by atomic mass is 79.9. The Morgan fingerprint density at radius 1 is 0.935 bits per heavy atom. The van der Waals surface area contributed by atoms with Crippen molar-refractivity contribution in [3.05, 3.63) is 76.7 Å². The van der Waals surface area contributed by atoms with Crippen LogP contribution in [0.4, 0.5) is 17.1 Å². The summed E-state index contributed by atoms with van der Waals surface area (Å²) in [6.45, 7) is 1.06. The van der Waals surface area contributed by atoms with Crippen LogP contribution >= 0.6 is 15.9 Å². The lowest BCUT2D eigenvalue weighted by Crippen LogP contribution is -2.41. The first-order valence-electron chi connectivity index (χ1n) is 9.46. The maximum Gasteiger partial charge on any atom is 0.291 e. The third-order valence-electron chi connectivity index (χ3n) is 4.60. The number of carbonyl (C=O) groups is 3. The van der Waals surface area contributed by atoms with Gasteiger partial charge >= 0.3 is 0 Å². The van der Waals surface area contributed by atoms with Gasteiger partial charge in [0.05, 0.1) is 6.61 Å². The fraction of sp³-hybridized carbons (Fsp3) is 0.136. The molecule has 1 fully saturated rings. The van der Waals surface area contributed by atoms with Gasteiger partial charge in [-0.05, 0) is 70.5 Å². The van der Waals surface area contributed by atoms with Crippen LogP contribution < -0.4 is 15.5 Å². The van der Waals surface area contributed by atoms with Gasteiger partial charge in [0.25, 0.3) is 17.7 Å². The molecule has 1 aromatic heterocycles. The summed E-state index contributed by atoms with van der Waals surface area (Å²) in [4.78, 5) is 38.4. The number of carbonyl (C=O) groups excluding carboxylic acids is 3. The van der Waals surface area contributed by atoms with E-state index in [-0.39, 0.29) is 24.2 Å². The number of amides is 3. The Morgan fingerprint density at radius 2 is 1.71 bits per heavy atom. The van der Waals surface area contributed by atoms with Crippen molar-refractivity contribution in [3.8, 4) is 0 Å². The summed E-state index contributed by atoms with van der Waals surface area (Å²) in [5.74, 6) is -0.687. The number of nitrogens with zero attached hydrogens (tertiary/aromatic N) is 1. The molecule has 0 aliphatic carbocycles. The second-order valence-electron chi connectivity index (χ2n) is 6.74. The Balaban J connectivity index is 1.41. The van der Waals surface area contributed by atoms with Crippen LogP contribution in [0.1, 0.15) is 20.9 Å². The maximum absolute atomic E-state index is 12.6. The van der Waals surface area contributed by atoms with Crippen LogP contribution in [0.5, 0.6) is 0 Å². The summed E-state index contributed by atoms with van der Waals surface area (Å²) in [7, 11) is 0. The number of anilines is 3. The zero-order valence-electron chi connectivity index (χ0n) is 16.3. The molecule has 0 unspecified atom stereocenters. The topological polar surface area (TPSA) is 101 Å². The number of nitrogens with one attached hydrogen (secondary N) is 2. The van der Waals surface area contributed by atoms with Gasteiger partial charge in [0.2, 0.25) is 0 Å². The van der Waals surface area contributed by atoms with E-state index in [4.69, 9.17) is 9.15 Å². The monoisotopic (exact) mass is 483 g/mol. The number of ether oxygens (including phenoxy) is 1. The normalized spacial score (nSPS) is 13.7. The molecule has 158 valence electrons. The molecule has 2 aromatic carbocycles. The highest BCUT2D eigenvalue weighted by Gasteiger charge is 2.20. The molecule has 0 bridgehead atoms. The number of morpholine rings is 1. The Morgan fingerprint density at radius 3 is 2.42 bits per heavy atom. The molecule has 3 amide bonds. The van der Waals surface area contributed by atoms with Gasteiger partial charge in [0, 0.05) is 29.2 Å². The molecule has 1 aliphatic heterocycles. The van der Waals surface area contributed by atoms with Gasteiger partial charge < -0.3 is 24.7 Å². The molecule has 9 heteroatoms. The van der Waals surface area contributed by atoms with Gasteiger partial charge in [-0.25, -0.2) is 0 Å². The summed E-state index contributed by atoms with van der Waals surface area (Å²) >= 11 is 3.15. The van der Waals surface area contributed by atoms with Crippen LogP contribution in [0.25, 0.3) is 0 Å². The number of rotatable bonds is 5. The van der Waals surface area contributed by atoms with Crippen molar-refractivity contribution < 1.29 is 23.5 Å². The molecule has 0 radical (unpaired) electrons. The van der Waals surface area contributed by atoms with E-state index in [2.05, 4.69) is 26.6 Å². The van der Waals surface area contributed by atoms with Gasteiger partial charge in [-0.15, -0.1) is 0 Å². The minimum Gasteiger partial charge on any atom is -0.444 e.